The van der Waals surface area contributed by atoms with Crippen LogP contribution in [0, 0.1) is 0 Å². The van der Waals surface area contributed by atoms with Crippen LogP contribution in [-0.2, 0) is 13.0 Å². The first-order valence-electron chi connectivity index (χ1n) is 9.56. The van der Waals surface area contributed by atoms with E-state index in [1.807, 2.05) is 9.47 Å². The van der Waals surface area contributed by atoms with Crippen molar-refractivity contribution in [2.45, 2.75) is 19.9 Å². The van der Waals surface area contributed by atoms with E-state index in [9.17, 15) is 4.79 Å². The molecule has 158 valence electrons. The molecule has 0 aromatic carbocycles. The highest BCUT2D eigenvalue weighted by molar-refractivity contribution is 14.0. The van der Waals surface area contributed by atoms with Crippen LogP contribution in [-0.4, -0.2) is 75.7 Å². The fourth-order valence-electron chi connectivity index (χ4n) is 3.11. The highest BCUT2D eigenvalue weighted by Crippen LogP contribution is 2.09. The fourth-order valence-corrected chi connectivity index (χ4v) is 3.11. The molecule has 3 rings (SSSR count). The number of nitrogens with zero attached hydrogens (tertiary/aromatic N) is 6. The normalized spacial score (nSPS) is 14.4. The van der Waals surface area contributed by atoms with Crippen LogP contribution in [0.2, 0.25) is 0 Å². The summed E-state index contributed by atoms with van der Waals surface area (Å²) in [6, 6.07) is 3.43. The highest BCUT2D eigenvalue weighted by atomic mass is 127. The highest BCUT2D eigenvalue weighted by Gasteiger charge is 2.25. The summed E-state index contributed by atoms with van der Waals surface area (Å²) < 4.78 is 7.24. The van der Waals surface area contributed by atoms with E-state index in [-0.39, 0.29) is 29.9 Å². The molecule has 3 heterocycles. The maximum atomic E-state index is 12.4. The van der Waals surface area contributed by atoms with Gasteiger partial charge in [-0.2, -0.15) is 0 Å². The molecule has 1 aliphatic rings. The first-order chi connectivity index (χ1) is 13.7. The Kier molecular flexibility index (Phi) is 9.16. The second-order valence-corrected chi connectivity index (χ2v) is 6.43. The Balaban J connectivity index is 0.00000300. The number of furan rings is 1. The van der Waals surface area contributed by atoms with Gasteiger partial charge < -0.3 is 24.1 Å². The Hall–Kier alpha value is -2.37. The van der Waals surface area contributed by atoms with E-state index in [2.05, 4.69) is 33.9 Å². The van der Waals surface area contributed by atoms with E-state index in [0.29, 0.717) is 45.0 Å². The van der Waals surface area contributed by atoms with Crippen LogP contribution >= 0.6 is 24.0 Å². The Morgan fingerprint density at radius 1 is 1.34 bits per heavy atom. The summed E-state index contributed by atoms with van der Waals surface area (Å²) in [5.41, 5.74) is 0. The van der Waals surface area contributed by atoms with Gasteiger partial charge in [-0.15, -0.1) is 40.8 Å². The average molecular weight is 513 g/mol. The van der Waals surface area contributed by atoms with Crippen LogP contribution in [0.1, 0.15) is 23.3 Å². The first-order valence-corrected chi connectivity index (χ1v) is 9.56. The molecule has 9 nitrogen and oxygen atoms in total. The molecule has 0 atom stereocenters. The molecule has 1 saturated heterocycles. The number of piperazine rings is 1. The summed E-state index contributed by atoms with van der Waals surface area (Å²) in [7, 11) is 0. The Labute approximate surface area is 187 Å². The van der Waals surface area contributed by atoms with Crippen molar-refractivity contribution >= 4 is 35.8 Å². The van der Waals surface area contributed by atoms with Crippen LogP contribution in [0.4, 0.5) is 0 Å². The van der Waals surface area contributed by atoms with E-state index in [0.717, 1.165) is 24.7 Å². The SMILES string of the molecule is C=CCNC(=NCCn1cnnc1CC)N1CCN(C(=O)c2ccco2)CC1.I. The van der Waals surface area contributed by atoms with Gasteiger partial charge >= 0.3 is 0 Å². The predicted molar refractivity (Wildman–Crippen MR) is 122 cm³/mol. The topological polar surface area (TPSA) is 91.8 Å². The molecule has 0 bridgehead atoms. The third-order valence-electron chi connectivity index (χ3n) is 4.62. The minimum Gasteiger partial charge on any atom is -0.459 e. The molecule has 0 unspecified atom stereocenters. The monoisotopic (exact) mass is 513 g/mol. The van der Waals surface area contributed by atoms with Crippen molar-refractivity contribution < 1.29 is 9.21 Å². The summed E-state index contributed by atoms with van der Waals surface area (Å²) in [6.07, 6.45) is 5.91. The number of rotatable bonds is 7. The zero-order chi connectivity index (χ0) is 19.8. The van der Waals surface area contributed by atoms with E-state index < -0.39 is 0 Å². The number of carbonyl (C=O) groups is 1. The number of hydrogen-bond acceptors (Lipinski definition) is 5. The van der Waals surface area contributed by atoms with Gasteiger partial charge in [0.25, 0.3) is 5.91 Å². The molecule has 1 amide bonds. The number of guanidine groups is 1. The zero-order valence-electron chi connectivity index (χ0n) is 16.7. The number of aryl methyl sites for hydroxylation is 1. The number of halogens is 1. The quantitative estimate of drug-likeness (QED) is 0.262. The van der Waals surface area contributed by atoms with Gasteiger partial charge in [0, 0.05) is 45.7 Å². The van der Waals surface area contributed by atoms with Crippen molar-refractivity contribution in [2.24, 2.45) is 4.99 Å². The van der Waals surface area contributed by atoms with E-state index >= 15 is 0 Å². The Morgan fingerprint density at radius 2 is 2.10 bits per heavy atom. The number of amides is 1. The van der Waals surface area contributed by atoms with Gasteiger partial charge in [-0.1, -0.05) is 13.0 Å². The van der Waals surface area contributed by atoms with Gasteiger partial charge in [0.1, 0.15) is 12.2 Å². The van der Waals surface area contributed by atoms with Gasteiger partial charge in [0.2, 0.25) is 0 Å². The summed E-state index contributed by atoms with van der Waals surface area (Å²) in [5.74, 6) is 2.10. The molecule has 2 aromatic rings. The van der Waals surface area contributed by atoms with Crippen molar-refractivity contribution in [3.8, 4) is 0 Å². The van der Waals surface area contributed by atoms with Crippen molar-refractivity contribution in [1.29, 1.82) is 0 Å². The van der Waals surface area contributed by atoms with Crippen LogP contribution in [0.15, 0.2) is 46.8 Å². The fraction of sp³-hybridized carbons (Fsp3) is 0.474. The molecule has 10 heteroatoms. The van der Waals surface area contributed by atoms with Crippen molar-refractivity contribution in [3.63, 3.8) is 0 Å². The molecule has 0 aliphatic carbocycles. The van der Waals surface area contributed by atoms with Crippen LogP contribution in [0.5, 0.6) is 0 Å². The predicted octanol–water partition coefficient (Wildman–Crippen LogP) is 1.64. The lowest BCUT2D eigenvalue weighted by Gasteiger charge is -2.36. The largest absolute Gasteiger partial charge is 0.459 e. The van der Waals surface area contributed by atoms with Crippen LogP contribution in [0.3, 0.4) is 0 Å². The summed E-state index contributed by atoms with van der Waals surface area (Å²) in [5, 5.41) is 11.4. The maximum absolute atomic E-state index is 12.4. The standard InChI is InChI=1S/C19H27N7O2.HI/c1-3-7-20-19(21-8-9-26-15-22-23-17(26)4-2)25-12-10-24(11-13-25)18(27)16-6-5-14-28-16;/h3,5-6,14-15H,1,4,7-13H2,2H3,(H,20,21);1H. The number of aliphatic imine (C=N–C) groups is 1. The van der Waals surface area contributed by atoms with E-state index in [1.165, 1.54) is 6.26 Å². The first kappa shape index (κ1) is 22.9. The van der Waals surface area contributed by atoms with Gasteiger partial charge in [0.05, 0.1) is 12.8 Å². The molecular weight excluding hydrogens is 485 g/mol. The van der Waals surface area contributed by atoms with Gasteiger partial charge in [-0.25, -0.2) is 0 Å². The number of aromatic nitrogens is 3. The summed E-state index contributed by atoms with van der Waals surface area (Å²) in [4.78, 5) is 21.1. The Morgan fingerprint density at radius 3 is 2.76 bits per heavy atom. The lowest BCUT2D eigenvalue weighted by molar-refractivity contribution is 0.0658. The number of hydrogen-bond donors (Lipinski definition) is 1. The molecule has 0 spiro atoms. The number of nitrogens with one attached hydrogen (secondary N) is 1. The molecule has 2 aromatic heterocycles. The second-order valence-electron chi connectivity index (χ2n) is 6.43. The van der Waals surface area contributed by atoms with Crippen molar-refractivity contribution in [2.75, 3.05) is 39.3 Å². The van der Waals surface area contributed by atoms with Gasteiger partial charge in [0.15, 0.2) is 11.7 Å². The minimum atomic E-state index is -0.0677. The minimum absolute atomic E-state index is 0. The smallest absolute Gasteiger partial charge is 0.289 e. The lowest BCUT2D eigenvalue weighted by Crippen LogP contribution is -2.53. The summed E-state index contributed by atoms with van der Waals surface area (Å²) >= 11 is 0. The summed E-state index contributed by atoms with van der Waals surface area (Å²) in [6.45, 7) is 10.5. The molecule has 1 aliphatic heterocycles. The molecular formula is C19H28IN7O2. The second kappa shape index (κ2) is 11.6. The average Bonchev–Trinajstić information content (AvgIpc) is 3.42. The van der Waals surface area contributed by atoms with Gasteiger partial charge in [-0.3, -0.25) is 9.79 Å². The molecule has 29 heavy (non-hydrogen) atoms. The lowest BCUT2D eigenvalue weighted by atomic mass is 10.3. The third-order valence-corrected chi connectivity index (χ3v) is 4.62. The van der Waals surface area contributed by atoms with Crippen LogP contribution < -0.4 is 5.32 Å². The van der Waals surface area contributed by atoms with E-state index in [1.54, 1.807) is 24.5 Å². The molecule has 0 radical (unpaired) electrons. The zero-order valence-corrected chi connectivity index (χ0v) is 19.0. The number of carbonyl (C=O) groups excluding carboxylic acids is 1. The van der Waals surface area contributed by atoms with Crippen molar-refractivity contribution in [1.82, 2.24) is 29.9 Å². The Bertz CT molecular complexity index is 795. The van der Waals surface area contributed by atoms with Crippen molar-refractivity contribution in [3.05, 3.63) is 49.0 Å². The van der Waals surface area contributed by atoms with E-state index in [4.69, 9.17) is 9.41 Å². The molecule has 1 N–H and O–H groups in total. The maximum Gasteiger partial charge on any atom is 0.289 e. The van der Waals surface area contributed by atoms with Crippen LogP contribution in [0.25, 0.3) is 0 Å². The molecule has 0 saturated carbocycles. The van der Waals surface area contributed by atoms with Gasteiger partial charge in [-0.05, 0) is 12.1 Å². The third kappa shape index (κ3) is 6.05. The molecule has 1 fully saturated rings.